The van der Waals surface area contributed by atoms with Crippen LogP contribution in [0.1, 0.15) is 30.6 Å². The molecule has 0 N–H and O–H groups in total. The summed E-state index contributed by atoms with van der Waals surface area (Å²) in [6.45, 7) is 5.67. The Morgan fingerprint density at radius 3 is 2.42 bits per heavy atom. The summed E-state index contributed by atoms with van der Waals surface area (Å²) in [5, 5.41) is 0. The summed E-state index contributed by atoms with van der Waals surface area (Å²) in [6, 6.07) is 4.80. The number of hydrogen-bond donors (Lipinski definition) is 0. The maximum Gasteiger partial charge on any atom is 0.341 e. The smallest absolute Gasteiger partial charge is 0.341 e. The number of carbonyl (C=O) groups is 2. The third kappa shape index (κ3) is 4.40. The van der Waals surface area contributed by atoms with Crippen LogP contribution in [0, 0.1) is 11.8 Å². The van der Waals surface area contributed by atoms with Gasteiger partial charge in [0.2, 0.25) is 0 Å². The van der Waals surface area contributed by atoms with Gasteiger partial charge in [-0.3, -0.25) is 4.79 Å². The van der Waals surface area contributed by atoms with Gasteiger partial charge < -0.3 is 19.1 Å². The van der Waals surface area contributed by atoms with Crippen molar-refractivity contribution in [1.82, 2.24) is 4.90 Å². The summed E-state index contributed by atoms with van der Waals surface area (Å²) in [6.07, 6.45) is 1.13. The van der Waals surface area contributed by atoms with E-state index in [9.17, 15) is 9.59 Å². The van der Waals surface area contributed by atoms with Crippen molar-refractivity contribution >= 4 is 11.9 Å². The van der Waals surface area contributed by atoms with Crippen LogP contribution in [0.15, 0.2) is 18.2 Å². The van der Waals surface area contributed by atoms with Crippen LogP contribution >= 0.6 is 0 Å². The van der Waals surface area contributed by atoms with Gasteiger partial charge in [0, 0.05) is 19.2 Å². The van der Waals surface area contributed by atoms with Gasteiger partial charge in [0.25, 0.3) is 5.91 Å². The number of benzene rings is 1. The molecule has 0 aliphatic carbocycles. The zero-order valence-electron chi connectivity index (χ0n) is 14.7. The fourth-order valence-corrected chi connectivity index (χ4v) is 3.12. The minimum absolute atomic E-state index is 0.0768. The van der Waals surface area contributed by atoms with E-state index < -0.39 is 5.97 Å². The van der Waals surface area contributed by atoms with E-state index in [-0.39, 0.29) is 23.8 Å². The molecule has 1 aromatic carbocycles. The van der Waals surface area contributed by atoms with Gasteiger partial charge >= 0.3 is 5.97 Å². The topological polar surface area (TPSA) is 65.1 Å². The van der Waals surface area contributed by atoms with Crippen molar-refractivity contribution in [2.24, 2.45) is 11.8 Å². The van der Waals surface area contributed by atoms with Gasteiger partial charge in [-0.1, -0.05) is 13.8 Å². The Morgan fingerprint density at radius 2 is 1.83 bits per heavy atom. The van der Waals surface area contributed by atoms with Crippen molar-refractivity contribution in [2.45, 2.75) is 20.3 Å². The number of piperidine rings is 1. The molecule has 1 saturated heterocycles. The lowest BCUT2D eigenvalue weighted by Gasteiger charge is -2.34. The molecule has 0 saturated carbocycles. The van der Waals surface area contributed by atoms with E-state index in [4.69, 9.17) is 14.2 Å². The summed E-state index contributed by atoms with van der Waals surface area (Å²) in [5.41, 5.74) is 0.270. The Kier molecular flexibility index (Phi) is 6.06. The number of hydrogen-bond acceptors (Lipinski definition) is 5. The first-order valence-electron chi connectivity index (χ1n) is 8.11. The van der Waals surface area contributed by atoms with Crippen LogP contribution in [0.4, 0.5) is 0 Å². The highest BCUT2D eigenvalue weighted by Crippen LogP contribution is 2.26. The number of amides is 1. The third-order valence-electron chi connectivity index (χ3n) is 4.17. The van der Waals surface area contributed by atoms with Crippen LogP contribution in [-0.4, -0.2) is 50.7 Å². The number of likely N-dealkylation sites (tertiary alicyclic amines) is 1. The Hall–Kier alpha value is -2.24. The Morgan fingerprint density at radius 1 is 1.17 bits per heavy atom. The monoisotopic (exact) mass is 335 g/mol. The molecule has 2 atom stereocenters. The van der Waals surface area contributed by atoms with Crippen molar-refractivity contribution < 1.29 is 23.8 Å². The average Bonchev–Trinajstić information content (AvgIpc) is 2.57. The second-order valence-electron chi connectivity index (χ2n) is 6.39. The van der Waals surface area contributed by atoms with Crippen molar-refractivity contribution in [3.63, 3.8) is 0 Å². The number of carbonyl (C=O) groups excluding carboxylic acids is 2. The van der Waals surface area contributed by atoms with Gasteiger partial charge in [0.15, 0.2) is 6.61 Å². The van der Waals surface area contributed by atoms with E-state index in [1.165, 1.54) is 14.2 Å². The number of nitrogens with zero attached hydrogens (tertiary/aromatic N) is 1. The number of methoxy groups -OCH3 is 2. The molecule has 1 aliphatic heterocycles. The lowest BCUT2D eigenvalue weighted by Crippen LogP contribution is -2.44. The van der Waals surface area contributed by atoms with Crippen molar-refractivity contribution in [3.8, 4) is 11.5 Å². The molecular weight excluding hydrogens is 310 g/mol. The Labute approximate surface area is 142 Å². The number of rotatable bonds is 5. The summed E-state index contributed by atoms with van der Waals surface area (Å²) in [4.78, 5) is 26.1. The summed E-state index contributed by atoms with van der Waals surface area (Å²) in [7, 11) is 2.83. The zero-order valence-corrected chi connectivity index (χ0v) is 14.7. The first kappa shape index (κ1) is 18.1. The minimum Gasteiger partial charge on any atom is -0.497 e. The molecule has 1 aromatic rings. The van der Waals surface area contributed by atoms with Gasteiger partial charge in [0.1, 0.15) is 17.1 Å². The summed E-state index contributed by atoms with van der Waals surface area (Å²) >= 11 is 0. The maximum absolute atomic E-state index is 12.4. The highest BCUT2D eigenvalue weighted by Gasteiger charge is 2.26. The van der Waals surface area contributed by atoms with Gasteiger partial charge in [0.05, 0.1) is 14.2 Å². The van der Waals surface area contributed by atoms with E-state index in [1.54, 1.807) is 18.2 Å². The van der Waals surface area contributed by atoms with E-state index in [1.807, 2.05) is 4.90 Å². The minimum atomic E-state index is -0.514. The fraction of sp³-hybridized carbons (Fsp3) is 0.556. The molecule has 1 amide bonds. The van der Waals surface area contributed by atoms with Gasteiger partial charge in [-0.2, -0.15) is 0 Å². The lowest BCUT2D eigenvalue weighted by atomic mass is 9.92. The molecule has 24 heavy (non-hydrogen) atoms. The first-order chi connectivity index (χ1) is 11.4. The van der Waals surface area contributed by atoms with Crippen LogP contribution in [-0.2, 0) is 9.53 Å². The first-order valence-corrected chi connectivity index (χ1v) is 8.11. The van der Waals surface area contributed by atoms with Crippen LogP contribution in [0.2, 0.25) is 0 Å². The van der Waals surface area contributed by atoms with Crippen LogP contribution < -0.4 is 9.47 Å². The molecule has 0 spiro atoms. The standard InChI is InChI=1S/C18H25NO5/c1-12-7-13(2)10-19(9-12)17(20)11-24-16-8-14(22-3)5-6-15(16)18(21)23-4/h5-6,8,12-13H,7,9-11H2,1-4H3/t12-,13-/m1/s1. The second kappa shape index (κ2) is 8.04. The molecule has 0 unspecified atom stereocenters. The normalized spacial score (nSPS) is 20.4. The van der Waals surface area contributed by atoms with Crippen molar-refractivity contribution in [1.29, 1.82) is 0 Å². The molecule has 6 nitrogen and oxygen atoms in total. The average molecular weight is 335 g/mol. The maximum atomic E-state index is 12.4. The second-order valence-corrected chi connectivity index (χ2v) is 6.39. The van der Waals surface area contributed by atoms with Gasteiger partial charge in [-0.05, 0) is 30.4 Å². The predicted octanol–water partition coefficient (Wildman–Crippen LogP) is 2.37. The highest BCUT2D eigenvalue weighted by molar-refractivity contribution is 5.92. The van der Waals surface area contributed by atoms with E-state index in [0.29, 0.717) is 17.6 Å². The summed E-state index contributed by atoms with van der Waals surface area (Å²) in [5.74, 6) is 1.21. The van der Waals surface area contributed by atoms with Crippen molar-refractivity contribution in [3.05, 3.63) is 23.8 Å². The van der Waals surface area contributed by atoms with E-state index in [2.05, 4.69) is 13.8 Å². The fourth-order valence-electron chi connectivity index (χ4n) is 3.12. The molecule has 0 radical (unpaired) electrons. The third-order valence-corrected chi connectivity index (χ3v) is 4.17. The molecule has 1 aliphatic rings. The molecule has 1 heterocycles. The number of ether oxygens (including phenoxy) is 3. The van der Waals surface area contributed by atoms with Gasteiger partial charge in [-0.25, -0.2) is 4.79 Å². The highest BCUT2D eigenvalue weighted by atomic mass is 16.5. The largest absolute Gasteiger partial charge is 0.497 e. The van der Waals surface area contributed by atoms with E-state index >= 15 is 0 Å². The van der Waals surface area contributed by atoms with Crippen LogP contribution in [0.25, 0.3) is 0 Å². The summed E-state index contributed by atoms with van der Waals surface area (Å²) < 4.78 is 15.5. The Balaban J connectivity index is 2.07. The van der Waals surface area contributed by atoms with Gasteiger partial charge in [-0.15, -0.1) is 0 Å². The Bertz CT molecular complexity index is 591. The molecule has 6 heteroatoms. The van der Waals surface area contributed by atoms with E-state index in [0.717, 1.165) is 19.5 Å². The quantitative estimate of drug-likeness (QED) is 0.773. The van der Waals surface area contributed by atoms with Crippen LogP contribution in [0.3, 0.4) is 0 Å². The predicted molar refractivity (Wildman–Crippen MR) is 89.4 cm³/mol. The van der Waals surface area contributed by atoms with Crippen LogP contribution in [0.5, 0.6) is 11.5 Å². The molecule has 132 valence electrons. The molecular formula is C18H25NO5. The molecule has 0 aromatic heterocycles. The lowest BCUT2D eigenvalue weighted by molar-refractivity contribution is -0.136. The SMILES string of the molecule is COC(=O)c1ccc(OC)cc1OCC(=O)N1C[C@H](C)C[C@@H](C)C1. The zero-order chi connectivity index (χ0) is 17.7. The molecule has 2 rings (SSSR count). The number of esters is 1. The molecule has 0 bridgehead atoms. The molecule has 1 fully saturated rings. The van der Waals surface area contributed by atoms with Crippen molar-refractivity contribution in [2.75, 3.05) is 33.9 Å².